The Bertz CT molecular complexity index is 1850. The van der Waals surface area contributed by atoms with Crippen molar-refractivity contribution in [1.82, 2.24) is 14.5 Å². The number of aromatic nitrogens is 3. The second-order valence-corrected chi connectivity index (χ2v) is 8.40. The van der Waals surface area contributed by atoms with E-state index in [4.69, 9.17) is 13.8 Å². The predicted molar refractivity (Wildman–Crippen MR) is 131 cm³/mol. The largest absolute Gasteiger partial charge is 0.451 e. The quantitative estimate of drug-likeness (QED) is 0.288. The van der Waals surface area contributed by atoms with Crippen LogP contribution in [0.3, 0.4) is 0 Å². The van der Waals surface area contributed by atoms with Gasteiger partial charge >= 0.3 is 0 Å². The van der Waals surface area contributed by atoms with Crippen LogP contribution in [0.2, 0.25) is 0 Å². The molecule has 0 N–H and O–H groups in total. The van der Waals surface area contributed by atoms with Crippen molar-refractivity contribution in [3.63, 3.8) is 0 Å². The fraction of sp³-hybridized carbons (Fsp3) is 0.0714. The Morgan fingerprint density at radius 3 is 2.39 bits per heavy atom. The zero-order valence-corrected chi connectivity index (χ0v) is 18.2. The van der Waals surface area contributed by atoms with Gasteiger partial charge in [0.2, 0.25) is 5.71 Å². The number of hydrogen-bond donors (Lipinski definition) is 0. The second-order valence-electron chi connectivity index (χ2n) is 8.40. The highest BCUT2D eigenvalue weighted by Gasteiger charge is 2.23. The van der Waals surface area contributed by atoms with Crippen molar-refractivity contribution in [2.75, 3.05) is 0 Å². The number of pyridine rings is 1. The average molecular weight is 429 g/mol. The van der Waals surface area contributed by atoms with Gasteiger partial charge in [-0.1, -0.05) is 36.4 Å². The van der Waals surface area contributed by atoms with E-state index >= 15 is 0 Å². The molecule has 5 heteroatoms. The lowest BCUT2D eigenvalue weighted by molar-refractivity contribution is 0.644. The third-order valence-electron chi connectivity index (χ3n) is 6.27. The summed E-state index contributed by atoms with van der Waals surface area (Å²) in [6, 6.07) is 26.7. The van der Waals surface area contributed by atoms with Crippen molar-refractivity contribution in [2.45, 2.75) is 13.8 Å². The SMILES string of the molecule is Cc1ccc2c(n1)oc1c3cccc(-c4nc5ccccc5n4-c4ccccc4C)c3oc21. The van der Waals surface area contributed by atoms with Crippen LogP contribution in [0.5, 0.6) is 0 Å². The molecule has 4 aromatic heterocycles. The van der Waals surface area contributed by atoms with E-state index in [1.807, 2.05) is 49.4 Å². The maximum atomic E-state index is 6.46. The van der Waals surface area contributed by atoms with Gasteiger partial charge in [-0.05, 0) is 61.9 Å². The number of nitrogens with zero attached hydrogens (tertiary/aromatic N) is 3. The molecule has 33 heavy (non-hydrogen) atoms. The Labute approximate surface area is 188 Å². The van der Waals surface area contributed by atoms with E-state index in [1.54, 1.807) is 0 Å². The Kier molecular flexibility index (Phi) is 3.62. The third kappa shape index (κ3) is 2.53. The summed E-state index contributed by atoms with van der Waals surface area (Å²) in [6.07, 6.45) is 0. The molecule has 3 aromatic carbocycles. The molecule has 7 aromatic rings. The second kappa shape index (κ2) is 6.56. The van der Waals surface area contributed by atoms with E-state index in [0.717, 1.165) is 61.3 Å². The molecular formula is C28H19N3O2. The van der Waals surface area contributed by atoms with E-state index in [2.05, 4.69) is 52.9 Å². The Morgan fingerprint density at radius 2 is 1.48 bits per heavy atom. The first kappa shape index (κ1) is 18.2. The number of para-hydroxylation sites is 4. The summed E-state index contributed by atoms with van der Waals surface area (Å²) < 4.78 is 14.8. The summed E-state index contributed by atoms with van der Waals surface area (Å²) in [7, 11) is 0. The summed E-state index contributed by atoms with van der Waals surface area (Å²) in [4.78, 5) is 9.56. The van der Waals surface area contributed by atoms with Gasteiger partial charge in [0.25, 0.3) is 0 Å². The van der Waals surface area contributed by atoms with Crippen molar-refractivity contribution < 1.29 is 8.83 Å². The summed E-state index contributed by atoms with van der Waals surface area (Å²) in [5, 5.41) is 1.80. The summed E-state index contributed by atoms with van der Waals surface area (Å²) in [6.45, 7) is 4.08. The molecule has 158 valence electrons. The van der Waals surface area contributed by atoms with Crippen molar-refractivity contribution in [2.24, 2.45) is 0 Å². The Morgan fingerprint density at radius 1 is 0.667 bits per heavy atom. The molecule has 0 fully saturated rings. The molecule has 0 amide bonds. The molecule has 0 aliphatic rings. The van der Waals surface area contributed by atoms with Crippen LogP contribution < -0.4 is 0 Å². The van der Waals surface area contributed by atoms with E-state index < -0.39 is 0 Å². The summed E-state index contributed by atoms with van der Waals surface area (Å²) in [5.74, 6) is 0.839. The molecule has 0 saturated heterocycles. The van der Waals surface area contributed by atoms with Crippen LogP contribution >= 0.6 is 0 Å². The van der Waals surface area contributed by atoms with E-state index in [0.29, 0.717) is 5.71 Å². The molecule has 0 bridgehead atoms. The zero-order chi connectivity index (χ0) is 22.1. The maximum absolute atomic E-state index is 6.46. The van der Waals surface area contributed by atoms with Gasteiger partial charge in [-0.2, -0.15) is 0 Å². The smallest absolute Gasteiger partial charge is 0.230 e. The molecule has 7 rings (SSSR count). The van der Waals surface area contributed by atoms with E-state index in [1.165, 1.54) is 5.56 Å². The highest BCUT2D eigenvalue weighted by Crippen LogP contribution is 2.41. The fourth-order valence-electron chi connectivity index (χ4n) is 4.70. The molecule has 0 spiro atoms. The van der Waals surface area contributed by atoms with E-state index in [9.17, 15) is 0 Å². The van der Waals surface area contributed by atoms with Crippen LogP contribution in [-0.2, 0) is 0 Å². The highest BCUT2D eigenvalue weighted by atomic mass is 16.4. The standard InChI is InChI=1S/C28H19N3O2/c1-16-8-3-5-12-22(16)31-23-13-6-4-11-21(23)30-27(31)19-10-7-9-18-24(19)32-26-20-15-14-17(2)29-28(20)33-25(18)26/h3-15H,1-2H3. The van der Waals surface area contributed by atoms with Gasteiger partial charge in [0, 0.05) is 5.69 Å². The first-order valence-electron chi connectivity index (χ1n) is 10.9. The van der Waals surface area contributed by atoms with E-state index in [-0.39, 0.29) is 0 Å². The maximum Gasteiger partial charge on any atom is 0.230 e. The molecule has 0 radical (unpaired) electrons. The first-order valence-corrected chi connectivity index (χ1v) is 10.9. The van der Waals surface area contributed by atoms with Crippen LogP contribution in [0, 0.1) is 13.8 Å². The summed E-state index contributed by atoms with van der Waals surface area (Å²) >= 11 is 0. The van der Waals surface area contributed by atoms with Gasteiger partial charge in [0.1, 0.15) is 11.4 Å². The van der Waals surface area contributed by atoms with Crippen molar-refractivity contribution in [3.8, 4) is 17.1 Å². The van der Waals surface area contributed by atoms with Gasteiger partial charge in [-0.15, -0.1) is 0 Å². The normalized spacial score (nSPS) is 11.9. The average Bonchev–Trinajstić information content (AvgIpc) is 3.49. The zero-order valence-electron chi connectivity index (χ0n) is 18.2. The van der Waals surface area contributed by atoms with Crippen LogP contribution in [-0.4, -0.2) is 14.5 Å². The van der Waals surface area contributed by atoms with Gasteiger partial charge in [0.15, 0.2) is 11.2 Å². The van der Waals surface area contributed by atoms with Crippen LogP contribution in [0.25, 0.3) is 61.3 Å². The van der Waals surface area contributed by atoms with Gasteiger partial charge < -0.3 is 8.83 Å². The highest BCUT2D eigenvalue weighted by molar-refractivity contribution is 6.14. The number of fused-ring (bicyclic) bond motifs is 6. The molecule has 0 atom stereocenters. The van der Waals surface area contributed by atoms with Crippen LogP contribution in [0.1, 0.15) is 11.3 Å². The van der Waals surface area contributed by atoms with Gasteiger partial charge in [-0.3, -0.25) is 4.57 Å². The fourth-order valence-corrected chi connectivity index (χ4v) is 4.70. The molecule has 4 heterocycles. The van der Waals surface area contributed by atoms with Crippen molar-refractivity contribution in [1.29, 1.82) is 0 Å². The number of furan rings is 2. The predicted octanol–water partition coefficient (Wildman–Crippen LogP) is 7.35. The molecular weight excluding hydrogens is 410 g/mol. The minimum Gasteiger partial charge on any atom is -0.451 e. The number of benzene rings is 3. The van der Waals surface area contributed by atoms with Gasteiger partial charge in [0.05, 0.1) is 33.1 Å². The first-order chi connectivity index (χ1) is 16.2. The minimum atomic E-state index is 0.600. The number of rotatable bonds is 2. The Balaban J connectivity index is 1.59. The lowest BCUT2D eigenvalue weighted by atomic mass is 10.1. The molecule has 0 aliphatic heterocycles. The summed E-state index contributed by atoms with van der Waals surface area (Å²) in [5.41, 5.74) is 8.90. The van der Waals surface area contributed by atoms with Crippen molar-refractivity contribution >= 4 is 44.3 Å². The minimum absolute atomic E-state index is 0.600. The topological polar surface area (TPSA) is 57.0 Å². The number of imidazole rings is 1. The third-order valence-corrected chi connectivity index (χ3v) is 6.27. The lowest BCUT2D eigenvalue weighted by Crippen LogP contribution is -2.00. The van der Waals surface area contributed by atoms with Crippen molar-refractivity contribution in [3.05, 3.63) is 90.1 Å². The van der Waals surface area contributed by atoms with Crippen LogP contribution in [0.15, 0.2) is 87.7 Å². The Hall–Kier alpha value is -4.38. The lowest BCUT2D eigenvalue weighted by Gasteiger charge is -2.12. The number of aryl methyl sites for hydroxylation is 2. The molecule has 0 unspecified atom stereocenters. The molecule has 0 saturated carbocycles. The monoisotopic (exact) mass is 429 g/mol. The molecule has 0 aliphatic carbocycles. The molecule has 5 nitrogen and oxygen atoms in total. The van der Waals surface area contributed by atoms with Crippen LogP contribution in [0.4, 0.5) is 0 Å². The number of hydrogen-bond acceptors (Lipinski definition) is 4. The van der Waals surface area contributed by atoms with Gasteiger partial charge in [-0.25, -0.2) is 9.97 Å².